The van der Waals surface area contributed by atoms with E-state index in [0.29, 0.717) is 5.39 Å². The van der Waals surface area contributed by atoms with Crippen molar-refractivity contribution in [1.29, 1.82) is 0 Å². The van der Waals surface area contributed by atoms with Crippen LogP contribution in [0.1, 0.15) is 11.3 Å². The first kappa shape index (κ1) is 13.3. The predicted octanol–water partition coefficient (Wildman–Crippen LogP) is 1.81. The van der Waals surface area contributed by atoms with Crippen LogP contribution in [0, 0.1) is 12.7 Å². The van der Waals surface area contributed by atoms with E-state index in [0.717, 1.165) is 49.5 Å². The fraction of sp³-hybridized carbons (Fsp3) is 0.400. The van der Waals surface area contributed by atoms with Gasteiger partial charge in [0.15, 0.2) is 0 Å². The van der Waals surface area contributed by atoms with Gasteiger partial charge in [-0.1, -0.05) is 6.07 Å². The highest BCUT2D eigenvalue weighted by Crippen LogP contribution is 2.21. The Morgan fingerprint density at radius 1 is 1.30 bits per heavy atom. The lowest BCUT2D eigenvalue weighted by Crippen LogP contribution is -2.36. The van der Waals surface area contributed by atoms with Crippen LogP contribution in [0.3, 0.4) is 0 Å². The van der Waals surface area contributed by atoms with Gasteiger partial charge < -0.3 is 9.72 Å². The van der Waals surface area contributed by atoms with Gasteiger partial charge in [0.1, 0.15) is 5.82 Å². The van der Waals surface area contributed by atoms with Gasteiger partial charge in [-0.15, -0.1) is 0 Å². The maximum atomic E-state index is 13.3. The molecule has 0 aliphatic carbocycles. The smallest absolute Gasteiger partial charge is 0.256 e. The lowest BCUT2D eigenvalue weighted by atomic mass is 10.0. The number of rotatable bonds is 2. The van der Waals surface area contributed by atoms with E-state index < -0.39 is 0 Å². The molecule has 0 spiro atoms. The van der Waals surface area contributed by atoms with Crippen LogP contribution < -0.4 is 5.56 Å². The number of pyridine rings is 1. The number of benzene rings is 1. The normalized spacial score (nSPS) is 16.7. The third-order valence-corrected chi connectivity index (χ3v) is 3.79. The first-order valence-corrected chi connectivity index (χ1v) is 6.76. The molecular formula is C15H17FN2O2. The summed E-state index contributed by atoms with van der Waals surface area (Å²) < 4.78 is 18.7. The summed E-state index contributed by atoms with van der Waals surface area (Å²) in [6.07, 6.45) is 0. The van der Waals surface area contributed by atoms with Crippen LogP contribution in [-0.2, 0) is 11.3 Å². The molecule has 0 atom stereocenters. The third kappa shape index (κ3) is 2.46. The number of hydrogen-bond acceptors (Lipinski definition) is 3. The average molecular weight is 276 g/mol. The minimum Gasteiger partial charge on any atom is -0.379 e. The lowest BCUT2D eigenvalue weighted by molar-refractivity contribution is 0.0342. The van der Waals surface area contributed by atoms with E-state index in [2.05, 4.69) is 9.88 Å². The Hall–Kier alpha value is -1.72. The second-order valence-electron chi connectivity index (χ2n) is 5.14. The van der Waals surface area contributed by atoms with Crippen LogP contribution >= 0.6 is 0 Å². The maximum Gasteiger partial charge on any atom is 0.256 e. The molecule has 0 bridgehead atoms. The summed E-state index contributed by atoms with van der Waals surface area (Å²) in [6, 6.07) is 4.41. The molecule has 0 unspecified atom stereocenters. The zero-order valence-corrected chi connectivity index (χ0v) is 11.4. The molecule has 4 nitrogen and oxygen atoms in total. The number of hydrogen-bond donors (Lipinski definition) is 1. The number of aryl methyl sites for hydroxylation is 1. The van der Waals surface area contributed by atoms with Crippen molar-refractivity contribution in [3.05, 3.63) is 45.6 Å². The van der Waals surface area contributed by atoms with E-state index in [1.54, 1.807) is 6.07 Å². The van der Waals surface area contributed by atoms with Crippen molar-refractivity contribution >= 4 is 10.8 Å². The summed E-state index contributed by atoms with van der Waals surface area (Å²) >= 11 is 0. The van der Waals surface area contributed by atoms with E-state index in [-0.39, 0.29) is 11.4 Å². The number of H-pyrrole nitrogens is 1. The summed E-state index contributed by atoms with van der Waals surface area (Å²) in [5.41, 5.74) is 1.67. The van der Waals surface area contributed by atoms with Gasteiger partial charge in [0.25, 0.3) is 5.56 Å². The Morgan fingerprint density at radius 2 is 2.05 bits per heavy atom. The fourth-order valence-electron chi connectivity index (χ4n) is 2.67. The van der Waals surface area contributed by atoms with Crippen molar-refractivity contribution < 1.29 is 9.13 Å². The van der Waals surface area contributed by atoms with Crippen molar-refractivity contribution in [2.45, 2.75) is 13.5 Å². The first-order chi connectivity index (χ1) is 9.65. The van der Waals surface area contributed by atoms with E-state index in [4.69, 9.17) is 4.74 Å². The SMILES string of the molecule is Cc1[nH]c(=O)c2cc(F)ccc2c1CN1CCOCC1. The molecule has 2 heterocycles. The highest BCUT2D eigenvalue weighted by atomic mass is 19.1. The summed E-state index contributed by atoms with van der Waals surface area (Å²) in [5, 5.41) is 1.25. The Balaban J connectivity index is 2.07. The lowest BCUT2D eigenvalue weighted by Gasteiger charge is -2.27. The van der Waals surface area contributed by atoms with Gasteiger partial charge in [-0.2, -0.15) is 0 Å². The van der Waals surface area contributed by atoms with E-state index in [1.165, 1.54) is 12.1 Å². The molecule has 0 amide bonds. The van der Waals surface area contributed by atoms with Crippen LogP contribution in [0.2, 0.25) is 0 Å². The van der Waals surface area contributed by atoms with E-state index >= 15 is 0 Å². The molecule has 1 aromatic carbocycles. The molecule has 1 aliphatic heterocycles. The number of ether oxygens (including phenoxy) is 1. The van der Waals surface area contributed by atoms with Gasteiger partial charge in [0.2, 0.25) is 0 Å². The van der Waals surface area contributed by atoms with Crippen molar-refractivity contribution in [3.8, 4) is 0 Å². The molecule has 1 fully saturated rings. The molecule has 1 N–H and O–H groups in total. The molecule has 0 saturated carbocycles. The molecule has 1 aromatic heterocycles. The van der Waals surface area contributed by atoms with E-state index in [9.17, 15) is 9.18 Å². The first-order valence-electron chi connectivity index (χ1n) is 6.76. The zero-order valence-electron chi connectivity index (χ0n) is 11.4. The second-order valence-corrected chi connectivity index (χ2v) is 5.14. The number of nitrogens with one attached hydrogen (secondary N) is 1. The summed E-state index contributed by atoms with van der Waals surface area (Å²) in [7, 11) is 0. The second kappa shape index (κ2) is 5.34. The minimum atomic E-state index is -0.385. The highest BCUT2D eigenvalue weighted by Gasteiger charge is 2.15. The number of aromatic nitrogens is 1. The quantitative estimate of drug-likeness (QED) is 0.910. The molecule has 0 radical (unpaired) electrons. The number of aromatic amines is 1. The van der Waals surface area contributed by atoms with Crippen molar-refractivity contribution in [1.82, 2.24) is 9.88 Å². The monoisotopic (exact) mass is 276 g/mol. The third-order valence-electron chi connectivity index (χ3n) is 3.79. The number of halogens is 1. The van der Waals surface area contributed by atoms with Crippen LogP contribution in [0.4, 0.5) is 4.39 Å². The van der Waals surface area contributed by atoms with Gasteiger partial charge in [-0.3, -0.25) is 9.69 Å². The predicted molar refractivity (Wildman–Crippen MR) is 75.4 cm³/mol. The number of morpholine rings is 1. The summed E-state index contributed by atoms with van der Waals surface area (Å²) in [5.74, 6) is -0.385. The van der Waals surface area contributed by atoms with Crippen LogP contribution in [-0.4, -0.2) is 36.2 Å². The van der Waals surface area contributed by atoms with Gasteiger partial charge in [-0.25, -0.2) is 4.39 Å². The standard InChI is InChI=1S/C15H17FN2O2/c1-10-14(9-18-4-6-20-7-5-18)12-3-2-11(16)8-13(12)15(19)17-10/h2-3,8H,4-7,9H2,1H3,(H,17,19). The van der Waals surface area contributed by atoms with Gasteiger partial charge >= 0.3 is 0 Å². The minimum absolute atomic E-state index is 0.234. The Bertz CT molecular complexity index is 690. The van der Waals surface area contributed by atoms with Crippen molar-refractivity contribution in [3.63, 3.8) is 0 Å². The molecule has 1 aliphatic rings. The molecule has 3 rings (SSSR count). The Labute approximate surface area is 116 Å². The van der Waals surface area contributed by atoms with Gasteiger partial charge in [0, 0.05) is 25.3 Å². The molecule has 2 aromatic rings. The Kier molecular flexibility index (Phi) is 3.54. The molecule has 106 valence electrons. The van der Waals surface area contributed by atoms with Crippen LogP contribution in [0.15, 0.2) is 23.0 Å². The van der Waals surface area contributed by atoms with Crippen molar-refractivity contribution in [2.75, 3.05) is 26.3 Å². The largest absolute Gasteiger partial charge is 0.379 e. The molecular weight excluding hydrogens is 259 g/mol. The molecule has 5 heteroatoms. The summed E-state index contributed by atoms with van der Waals surface area (Å²) in [4.78, 5) is 17.0. The van der Waals surface area contributed by atoms with Crippen molar-refractivity contribution in [2.24, 2.45) is 0 Å². The zero-order chi connectivity index (χ0) is 14.1. The molecule has 1 saturated heterocycles. The summed E-state index contributed by atoms with van der Waals surface area (Å²) in [6.45, 7) is 5.85. The number of nitrogens with zero attached hydrogens (tertiary/aromatic N) is 1. The Morgan fingerprint density at radius 3 is 2.80 bits per heavy atom. The van der Waals surface area contributed by atoms with E-state index in [1.807, 2.05) is 6.92 Å². The van der Waals surface area contributed by atoms with Gasteiger partial charge in [-0.05, 0) is 30.0 Å². The molecule has 20 heavy (non-hydrogen) atoms. The van der Waals surface area contributed by atoms with Crippen LogP contribution in [0.25, 0.3) is 10.8 Å². The van der Waals surface area contributed by atoms with Gasteiger partial charge in [0.05, 0.1) is 18.6 Å². The highest BCUT2D eigenvalue weighted by molar-refractivity contribution is 5.85. The topological polar surface area (TPSA) is 45.3 Å². The maximum absolute atomic E-state index is 13.3. The average Bonchev–Trinajstić information content (AvgIpc) is 2.45. The van der Waals surface area contributed by atoms with Crippen LogP contribution in [0.5, 0.6) is 0 Å². The number of fused-ring (bicyclic) bond motifs is 1. The fourth-order valence-corrected chi connectivity index (χ4v) is 2.67.